The van der Waals surface area contributed by atoms with Crippen molar-refractivity contribution >= 4 is 131 Å². The third-order valence-electron chi connectivity index (χ3n) is 20.6. The van der Waals surface area contributed by atoms with Gasteiger partial charge in [0.25, 0.3) is 0 Å². The van der Waals surface area contributed by atoms with Gasteiger partial charge in [-0.3, -0.25) is 0 Å². The number of nitrogens with zero attached hydrogens (tertiary/aromatic N) is 5. The van der Waals surface area contributed by atoms with Gasteiger partial charge >= 0.3 is 0 Å². The molecule has 0 radical (unpaired) electrons. The number of para-hydroxylation sites is 6. The molecule has 21 rings (SSSR count). The third-order valence-corrected chi connectivity index (χ3v) is 20.6. The second-order valence-corrected chi connectivity index (χ2v) is 25.7. The fourth-order valence-corrected chi connectivity index (χ4v) is 16.4. The molecule has 0 amide bonds. The van der Waals surface area contributed by atoms with E-state index in [1.807, 2.05) is 6.07 Å². The number of hydrogen-bond acceptors (Lipinski definition) is 3. The van der Waals surface area contributed by atoms with Gasteiger partial charge in [0.1, 0.15) is 34.0 Å². The van der Waals surface area contributed by atoms with Gasteiger partial charge in [-0.1, -0.05) is 224 Å². The fraction of sp³-hybridized carbons (Fsp3) is 0. The molecule has 0 aliphatic rings. The zero-order chi connectivity index (χ0) is 64.3. The first-order valence-corrected chi connectivity index (χ1v) is 33.3. The Balaban J connectivity index is 1.00. The lowest BCUT2D eigenvalue weighted by Crippen LogP contribution is -2.12. The van der Waals surface area contributed by atoms with Crippen LogP contribution < -0.4 is 0 Å². The number of fused-ring (bicyclic) bond motifs is 20. The maximum atomic E-state index is 12.9. The first kappa shape index (κ1) is 54.0. The Morgan fingerprint density at radius 1 is 0.235 bits per heavy atom. The number of furan rings is 2. The predicted molar refractivity (Wildman–Crippen MR) is 405 cm³/mol. The zero-order valence-corrected chi connectivity index (χ0v) is 52.7. The molecule has 0 bridgehead atoms. The molecule has 0 fully saturated rings. The predicted octanol–water partition coefficient (Wildman–Crippen LogP) is 24.4. The van der Waals surface area contributed by atoms with Crippen molar-refractivity contribution in [3.05, 3.63) is 327 Å². The van der Waals surface area contributed by atoms with E-state index in [0.717, 1.165) is 198 Å². The van der Waals surface area contributed by atoms with E-state index in [1.54, 1.807) is 0 Å². The van der Waals surface area contributed by atoms with Crippen LogP contribution in [0.25, 0.3) is 198 Å². The minimum Gasteiger partial charge on any atom is -0.456 e. The molecular weight excluding hydrogens is 1200 g/mol. The Kier molecular flexibility index (Phi) is 11.5. The van der Waals surface area contributed by atoms with Gasteiger partial charge in [-0.25, -0.2) is 0 Å². The molecular formula is C91H53N5O2. The van der Waals surface area contributed by atoms with Crippen LogP contribution in [0.2, 0.25) is 0 Å². The third kappa shape index (κ3) is 7.68. The Morgan fingerprint density at radius 2 is 0.643 bits per heavy atom. The van der Waals surface area contributed by atoms with E-state index in [0.29, 0.717) is 5.56 Å². The van der Waals surface area contributed by atoms with Gasteiger partial charge in [0.05, 0.1) is 77.7 Å². The molecule has 0 saturated heterocycles. The van der Waals surface area contributed by atoms with Gasteiger partial charge in [0.15, 0.2) is 0 Å². The molecule has 454 valence electrons. The number of rotatable bonds is 8. The lowest BCUT2D eigenvalue weighted by Gasteiger charge is -2.25. The summed E-state index contributed by atoms with van der Waals surface area (Å²) in [6.45, 7) is 0. The van der Waals surface area contributed by atoms with Crippen LogP contribution in [0.4, 0.5) is 0 Å². The highest BCUT2D eigenvalue weighted by Crippen LogP contribution is 2.51. The summed E-state index contributed by atoms with van der Waals surface area (Å²) < 4.78 is 23.5. The molecule has 7 heteroatoms. The minimum absolute atomic E-state index is 0.508. The Labute approximate surface area is 560 Å². The van der Waals surface area contributed by atoms with E-state index < -0.39 is 0 Å². The molecule has 0 saturated carbocycles. The quantitative estimate of drug-likeness (QED) is 0.152. The average Bonchev–Trinajstić information content (AvgIpc) is 1.56. The largest absolute Gasteiger partial charge is 0.456 e. The molecule has 7 nitrogen and oxygen atoms in total. The van der Waals surface area contributed by atoms with E-state index >= 15 is 0 Å². The van der Waals surface area contributed by atoms with E-state index in [1.165, 1.54) is 0 Å². The van der Waals surface area contributed by atoms with Crippen molar-refractivity contribution in [3.8, 4) is 73.3 Å². The van der Waals surface area contributed by atoms with Crippen LogP contribution in [0.15, 0.2) is 330 Å². The van der Waals surface area contributed by atoms with Crippen LogP contribution in [0.3, 0.4) is 0 Å². The number of nitriles is 1. The zero-order valence-electron chi connectivity index (χ0n) is 52.7. The van der Waals surface area contributed by atoms with Crippen LogP contribution in [0.1, 0.15) is 5.56 Å². The lowest BCUT2D eigenvalue weighted by molar-refractivity contribution is 0.669. The number of aromatic nitrogens is 4. The molecule has 0 aliphatic heterocycles. The number of hydrogen-bond donors (Lipinski definition) is 0. The van der Waals surface area contributed by atoms with Gasteiger partial charge in [0, 0.05) is 65.0 Å². The molecule has 0 aliphatic carbocycles. The van der Waals surface area contributed by atoms with Gasteiger partial charge in [-0.2, -0.15) is 5.26 Å². The van der Waals surface area contributed by atoms with Gasteiger partial charge in [-0.05, 0) is 130 Å². The number of benzene rings is 15. The summed E-state index contributed by atoms with van der Waals surface area (Å²) in [6.07, 6.45) is 0. The van der Waals surface area contributed by atoms with E-state index in [-0.39, 0.29) is 0 Å². The standard InChI is InChI=1S/C91H53N5O2/c92-54-73-81(93-74-34-16-10-28-62(74)63-29-11-17-35-75(63)93)53-70(60-40-43-61(57-26-8-3-9-27-57)80(52-60)95-78-46-41-58(55-22-4-1-5-23-55)50-71(78)66-44-48-84-86(88(66)95)68-32-14-20-38-82(68)97-84)90(91(73)94-76-36-18-12-30-64(76)65-31-13-19-37-77(65)94)96-79-47-42-59(56-24-6-2-7-25-56)51-72(79)67-45-49-85-87(89(67)96)69-33-15-21-39-83(69)98-85/h1-53H. The molecule has 98 heavy (non-hydrogen) atoms. The maximum absolute atomic E-state index is 12.9. The molecule has 21 aromatic rings. The lowest BCUT2D eigenvalue weighted by atomic mass is 9.93. The Morgan fingerprint density at radius 3 is 1.14 bits per heavy atom. The highest BCUT2D eigenvalue weighted by molar-refractivity contribution is 6.27. The van der Waals surface area contributed by atoms with Crippen LogP contribution in [0, 0.1) is 11.3 Å². The molecule has 6 aromatic heterocycles. The monoisotopic (exact) mass is 1250 g/mol. The maximum Gasteiger partial charge on any atom is 0.137 e. The van der Waals surface area contributed by atoms with Crippen molar-refractivity contribution in [1.29, 1.82) is 5.26 Å². The minimum atomic E-state index is 0.508. The average molecular weight is 1250 g/mol. The smallest absolute Gasteiger partial charge is 0.137 e. The van der Waals surface area contributed by atoms with Crippen LogP contribution in [0.5, 0.6) is 0 Å². The van der Waals surface area contributed by atoms with Crippen molar-refractivity contribution in [2.24, 2.45) is 0 Å². The fourth-order valence-electron chi connectivity index (χ4n) is 16.4. The molecule has 6 heterocycles. The van der Waals surface area contributed by atoms with Crippen molar-refractivity contribution < 1.29 is 8.83 Å². The topological polar surface area (TPSA) is 69.8 Å². The van der Waals surface area contributed by atoms with Gasteiger partial charge < -0.3 is 27.1 Å². The summed E-state index contributed by atoms with van der Waals surface area (Å²) in [5.74, 6) is 0. The summed E-state index contributed by atoms with van der Waals surface area (Å²) in [4.78, 5) is 0. The molecule has 15 aromatic carbocycles. The van der Waals surface area contributed by atoms with Crippen molar-refractivity contribution in [2.75, 3.05) is 0 Å². The van der Waals surface area contributed by atoms with Crippen LogP contribution in [-0.4, -0.2) is 18.3 Å². The van der Waals surface area contributed by atoms with E-state index in [9.17, 15) is 5.26 Å². The first-order chi connectivity index (χ1) is 48.6. The molecule has 0 atom stereocenters. The summed E-state index contributed by atoms with van der Waals surface area (Å²) in [5.41, 5.74) is 23.4. The second-order valence-electron chi connectivity index (χ2n) is 25.7. The van der Waals surface area contributed by atoms with Crippen molar-refractivity contribution in [1.82, 2.24) is 18.3 Å². The van der Waals surface area contributed by atoms with E-state index in [2.05, 4.69) is 340 Å². The first-order valence-electron chi connectivity index (χ1n) is 33.3. The molecule has 0 spiro atoms. The molecule has 0 unspecified atom stereocenters. The highest BCUT2D eigenvalue weighted by atomic mass is 16.3. The normalized spacial score (nSPS) is 12.1. The van der Waals surface area contributed by atoms with Crippen LogP contribution >= 0.6 is 0 Å². The van der Waals surface area contributed by atoms with Crippen LogP contribution in [-0.2, 0) is 0 Å². The van der Waals surface area contributed by atoms with Crippen molar-refractivity contribution in [2.45, 2.75) is 0 Å². The second kappa shape index (κ2) is 20.8. The summed E-state index contributed by atoms with van der Waals surface area (Å²) in [5, 5.41) is 25.6. The summed E-state index contributed by atoms with van der Waals surface area (Å²) >= 11 is 0. The van der Waals surface area contributed by atoms with Gasteiger partial charge in [0.2, 0.25) is 0 Å². The molecule has 0 N–H and O–H groups in total. The van der Waals surface area contributed by atoms with E-state index in [4.69, 9.17) is 8.83 Å². The summed E-state index contributed by atoms with van der Waals surface area (Å²) in [6, 6.07) is 119. The summed E-state index contributed by atoms with van der Waals surface area (Å²) in [7, 11) is 0. The Bertz CT molecular complexity index is 6880. The Hall–Kier alpha value is -13.4. The van der Waals surface area contributed by atoms with Gasteiger partial charge in [-0.15, -0.1) is 0 Å². The highest BCUT2D eigenvalue weighted by Gasteiger charge is 2.32. The SMILES string of the molecule is N#Cc1c(-n2c3ccccc3c3ccccc32)cc(-c2ccc(-c3ccccc3)c(-n3c4ccc(-c5ccccc5)cc4c4ccc5oc6ccccc6c5c43)c2)c(-n2c3ccc(-c4ccccc4)cc3c3ccc4oc5ccccc5c4c32)c1-n1c2ccccc2c2ccccc21. The van der Waals surface area contributed by atoms with Crippen molar-refractivity contribution in [3.63, 3.8) is 0 Å².